The van der Waals surface area contributed by atoms with Gasteiger partial charge in [-0.1, -0.05) is 6.42 Å². The first-order valence-electron chi connectivity index (χ1n) is 7.46. The van der Waals surface area contributed by atoms with E-state index in [4.69, 9.17) is 0 Å². The van der Waals surface area contributed by atoms with Crippen LogP contribution in [0.15, 0.2) is 18.3 Å². The Kier molecular flexibility index (Phi) is 3.99. The molecule has 3 heterocycles. The monoisotopic (exact) mass is 261 g/mol. The van der Waals surface area contributed by atoms with Crippen LogP contribution in [0.25, 0.3) is 0 Å². The molecule has 0 aliphatic carbocycles. The minimum atomic E-state index is 0.212. The second kappa shape index (κ2) is 5.88. The van der Waals surface area contributed by atoms with Gasteiger partial charge in [0.2, 0.25) is 0 Å². The Bertz CT molecular complexity index is 409. The number of nitrogens with zero attached hydrogens (tertiary/aromatic N) is 2. The molecule has 1 unspecified atom stereocenters. The fraction of sp³-hybridized carbons (Fsp3) is 0.667. The van der Waals surface area contributed by atoms with Crippen LogP contribution >= 0.6 is 0 Å². The molecular formula is C15H23N3O. The number of nitrogens with one attached hydrogen (secondary N) is 1. The van der Waals surface area contributed by atoms with Crippen molar-refractivity contribution < 1.29 is 4.79 Å². The molecule has 0 aromatic carbocycles. The summed E-state index contributed by atoms with van der Waals surface area (Å²) in [5, 5.41) is 0. The average Bonchev–Trinajstić information content (AvgIpc) is 3.11. The second-order valence-corrected chi connectivity index (χ2v) is 5.78. The van der Waals surface area contributed by atoms with Crippen LogP contribution in [0.2, 0.25) is 0 Å². The molecule has 1 aromatic heterocycles. The van der Waals surface area contributed by atoms with Gasteiger partial charge in [0, 0.05) is 25.3 Å². The minimum absolute atomic E-state index is 0.212. The normalized spacial score (nSPS) is 25.8. The number of aromatic amines is 1. The Labute approximate surface area is 114 Å². The van der Waals surface area contributed by atoms with E-state index in [2.05, 4.69) is 14.8 Å². The fourth-order valence-electron chi connectivity index (χ4n) is 3.33. The van der Waals surface area contributed by atoms with E-state index in [1.807, 2.05) is 18.3 Å². The van der Waals surface area contributed by atoms with Gasteiger partial charge in [0.15, 0.2) is 5.78 Å². The molecule has 104 valence electrons. The lowest BCUT2D eigenvalue weighted by Gasteiger charge is -2.32. The van der Waals surface area contributed by atoms with Gasteiger partial charge in [0.1, 0.15) is 0 Å². The van der Waals surface area contributed by atoms with Crippen LogP contribution in [0.5, 0.6) is 0 Å². The lowest BCUT2D eigenvalue weighted by atomic mass is 10.1. The maximum atomic E-state index is 12.1. The van der Waals surface area contributed by atoms with Crippen LogP contribution in [-0.4, -0.2) is 59.3 Å². The van der Waals surface area contributed by atoms with Crippen molar-refractivity contribution in [3.63, 3.8) is 0 Å². The Morgan fingerprint density at radius 2 is 2.11 bits per heavy atom. The summed E-state index contributed by atoms with van der Waals surface area (Å²) in [4.78, 5) is 20.0. The summed E-state index contributed by atoms with van der Waals surface area (Å²) in [7, 11) is 0. The van der Waals surface area contributed by atoms with Gasteiger partial charge in [-0.25, -0.2) is 0 Å². The third kappa shape index (κ3) is 3.07. The molecule has 2 saturated heterocycles. The number of hydrogen-bond donors (Lipinski definition) is 1. The lowest BCUT2D eigenvalue weighted by Crippen LogP contribution is -2.41. The molecule has 2 fully saturated rings. The largest absolute Gasteiger partial charge is 0.359 e. The third-order valence-electron chi connectivity index (χ3n) is 4.42. The van der Waals surface area contributed by atoms with Gasteiger partial charge >= 0.3 is 0 Å². The smallest absolute Gasteiger partial charge is 0.192 e. The first-order chi connectivity index (χ1) is 9.33. The van der Waals surface area contributed by atoms with E-state index in [1.165, 1.54) is 38.8 Å². The Balaban J connectivity index is 1.50. The van der Waals surface area contributed by atoms with Crippen molar-refractivity contribution in [2.24, 2.45) is 0 Å². The quantitative estimate of drug-likeness (QED) is 0.839. The number of likely N-dealkylation sites (tertiary alicyclic amines) is 2. The van der Waals surface area contributed by atoms with Crippen molar-refractivity contribution in [3.8, 4) is 0 Å². The van der Waals surface area contributed by atoms with E-state index >= 15 is 0 Å². The van der Waals surface area contributed by atoms with Gasteiger partial charge in [0.25, 0.3) is 0 Å². The molecule has 0 bridgehead atoms. The van der Waals surface area contributed by atoms with Crippen LogP contribution in [0.3, 0.4) is 0 Å². The van der Waals surface area contributed by atoms with Gasteiger partial charge in [-0.3, -0.25) is 14.6 Å². The molecule has 0 saturated carbocycles. The predicted octanol–water partition coefficient (Wildman–Crippen LogP) is 1.76. The first kappa shape index (κ1) is 12.9. The number of carbonyl (C=O) groups is 1. The van der Waals surface area contributed by atoms with E-state index < -0.39 is 0 Å². The maximum absolute atomic E-state index is 12.1. The highest BCUT2D eigenvalue weighted by atomic mass is 16.1. The molecule has 0 spiro atoms. The van der Waals surface area contributed by atoms with Crippen LogP contribution in [0.1, 0.15) is 36.2 Å². The van der Waals surface area contributed by atoms with Crippen LogP contribution in [0.4, 0.5) is 0 Å². The Hall–Kier alpha value is -1.13. The lowest BCUT2D eigenvalue weighted by molar-refractivity contribution is 0.0931. The van der Waals surface area contributed by atoms with Gasteiger partial charge < -0.3 is 4.98 Å². The Morgan fingerprint density at radius 3 is 2.84 bits per heavy atom. The molecule has 1 atom stereocenters. The second-order valence-electron chi connectivity index (χ2n) is 5.78. The number of carbonyl (C=O) groups excluding carboxylic acids is 1. The highest BCUT2D eigenvalue weighted by molar-refractivity contribution is 5.95. The third-order valence-corrected chi connectivity index (χ3v) is 4.42. The summed E-state index contributed by atoms with van der Waals surface area (Å²) < 4.78 is 0. The topological polar surface area (TPSA) is 39.3 Å². The van der Waals surface area contributed by atoms with Crippen molar-refractivity contribution in [2.75, 3.05) is 32.7 Å². The zero-order chi connectivity index (χ0) is 13.1. The van der Waals surface area contributed by atoms with E-state index in [9.17, 15) is 4.79 Å². The summed E-state index contributed by atoms with van der Waals surface area (Å²) >= 11 is 0. The summed E-state index contributed by atoms with van der Waals surface area (Å²) in [6.45, 7) is 5.19. The Morgan fingerprint density at radius 1 is 1.26 bits per heavy atom. The fourth-order valence-corrected chi connectivity index (χ4v) is 3.33. The molecule has 1 aromatic rings. The van der Waals surface area contributed by atoms with E-state index in [1.54, 1.807) is 0 Å². The zero-order valence-electron chi connectivity index (χ0n) is 11.5. The van der Waals surface area contributed by atoms with E-state index in [0.717, 1.165) is 18.8 Å². The van der Waals surface area contributed by atoms with E-state index in [-0.39, 0.29) is 5.78 Å². The molecule has 4 nitrogen and oxygen atoms in total. The molecule has 19 heavy (non-hydrogen) atoms. The van der Waals surface area contributed by atoms with Crippen LogP contribution < -0.4 is 0 Å². The highest BCUT2D eigenvalue weighted by Crippen LogP contribution is 2.20. The van der Waals surface area contributed by atoms with Crippen molar-refractivity contribution in [1.29, 1.82) is 0 Å². The number of aromatic nitrogens is 1. The summed E-state index contributed by atoms with van der Waals surface area (Å²) in [5.74, 6) is 0.212. The molecule has 2 aliphatic heterocycles. The van der Waals surface area contributed by atoms with Gasteiger partial charge in [0.05, 0.1) is 12.2 Å². The number of piperidine rings is 1. The molecule has 0 radical (unpaired) electrons. The maximum Gasteiger partial charge on any atom is 0.192 e. The standard InChI is InChI=1S/C15H23N3O/c19-15(14-5-4-7-16-14)12-17-10-6-13(11-17)18-8-2-1-3-9-18/h4-5,7,13,16H,1-3,6,8-12H2. The molecule has 0 amide bonds. The summed E-state index contributed by atoms with van der Waals surface area (Å²) in [6, 6.07) is 4.42. The minimum Gasteiger partial charge on any atom is -0.359 e. The number of hydrogen-bond acceptors (Lipinski definition) is 3. The van der Waals surface area contributed by atoms with Crippen molar-refractivity contribution in [2.45, 2.75) is 31.7 Å². The van der Waals surface area contributed by atoms with Gasteiger partial charge in [-0.05, 0) is 44.5 Å². The molecule has 4 heteroatoms. The van der Waals surface area contributed by atoms with Crippen LogP contribution in [0, 0.1) is 0 Å². The number of ketones is 1. The van der Waals surface area contributed by atoms with Gasteiger partial charge in [-0.15, -0.1) is 0 Å². The SMILES string of the molecule is O=C(CN1CCC(N2CCCCC2)C1)c1ccc[nH]1. The average molecular weight is 261 g/mol. The first-order valence-corrected chi connectivity index (χ1v) is 7.46. The summed E-state index contributed by atoms with van der Waals surface area (Å²) in [5.41, 5.74) is 0.737. The number of H-pyrrole nitrogens is 1. The van der Waals surface area contributed by atoms with E-state index in [0.29, 0.717) is 12.6 Å². The van der Waals surface area contributed by atoms with Crippen molar-refractivity contribution in [3.05, 3.63) is 24.0 Å². The molecule has 2 aliphatic rings. The molecule has 3 rings (SSSR count). The highest BCUT2D eigenvalue weighted by Gasteiger charge is 2.29. The van der Waals surface area contributed by atoms with Crippen molar-refractivity contribution >= 4 is 5.78 Å². The van der Waals surface area contributed by atoms with Crippen LogP contribution in [-0.2, 0) is 0 Å². The summed E-state index contributed by atoms with van der Waals surface area (Å²) in [6.07, 6.45) is 7.11. The zero-order valence-corrected chi connectivity index (χ0v) is 11.5. The number of rotatable bonds is 4. The number of Topliss-reactive ketones (excluding diaryl/α,β-unsaturated/α-hetero) is 1. The van der Waals surface area contributed by atoms with Crippen molar-refractivity contribution in [1.82, 2.24) is 14.8 Å². The molecular weight excluding hydrogens is 238 g/mol. The predicted molar refractivity (Wildman–Crippen MR) is 75.4 cm³/mol. The molecule has 1 N–H and O–H groups in total. The van der Waals surface area contributed by atoms with Gasteiger partial charge in [-0.2, -0.15) is 0 Å².